The van der Waals surface area contributed by atoms with E-state index in [-0.39, 0.29) is 12.5 Å². The summed E-state index contributed by atoms with van der Waals surface area (Å²) in [5.74, 6) is 0.564. The van der Waals surface area contributed by atoms with Crippen LogP contribution in [0.25, 0.3) is 0 Å². The van der Waals surface area contributed by atoms with Crippen LogP contribution in [0.4, 0.5) is 5.69 Å². The van der Waals surface area contributed by atoms with Gasteiger partial charge in [0.05, 0.1) is 17.9 Å². The summed E-state index contributed by atoms with van der Waals surface area (Å²) in [4.78, 5) is 16.1. The highest BCUT2D eigenvalue weighted by Crippen LogP contribution is 2.16. The van der Waals surface area contributed by atoms with Crippen LogP contribution in [0.2, 0.25) is 0 Å². The molecule has 2 aromatic rings. The van der Waals surface area contributed by atoms with Crippen LogP contribution in [0.3, 0.4) is 0 Å². The van der Waals surface area contributed by atoms with Gasteiger partial charge >= 0.3 is 0 Å². The Bertz CT molecular complexity index is 600. The normalized spacial score (nSPS) is 10.7. The molecule has 0 aliphatic carbocycles. The van der Waals surface area contributed by atoms with Crippen molar-refractivity contribution in [2.45, 2.75) is 26.8 Å². The van der Waals surface area contributed by atoms with Gasteiger partial charge in [-0.3, -0.25) is 9.48 Å². The van der Waals surface area contributed by atoms with E-state index in [1.54, 1.807) is 14.0 Å². The van der Waals surface area contributed by atoms with Crippen molar-refractivity contribution in [3.05, 3.63) is 23.1 Å². The van der Waals surface area contributed by atoms with Gasteiger partial charge in [0.2, 0.25) is 5.89 Å². The van der Waals surface area contributed by atoms with Crippen LogP contribution < -0.4 is 11.1 Å². The molecule has 0 saturated heterocycles. The van der Waals surface area contributed by atoms with E-state index in [4.69, 9.17) is 10.3 Å². The van der Waals surface area contributed by atoms with Crippen molar-refractivity contribution in [2.24, 2.45) is 7.05 Å². The van der Waals surface area contributed by atoms with Crippen LogP contribution in [0, 0.1) is 6.92 Å². The quantitative estimate of drug-likeness (QED) is 0.815. The summed E-state index contributed by atoms with van der Waals surface area (Å²) >= 11 is 0. The Morgan fingerprint density at radius 1 is 1.53 bits per heavy atom. The zero-order valence-corrected chi connectivity index (χ0v) is 11.1. The largest absolute Gasteiger partial charge is 0.395 e. The molecule has 0 fully saturated rings. The molecule has 2 heterocycles. The minimum atomic E-state index is -0.311. The predicted molar refractivity (Wildman–Crippen MR) is 67.2 cm³/mol. The number of hydrogen-bond acceptors (Lipinski definition) is 6. The summed E-state index contributed by atoms with van der Waals surface area (Å²) in [6.07, 6.45) is 0.678. The molecular weight excluding hydrogens is 248 g/mol. The Hall–Kier alpha value is -2.38. The number of nitrogens with two attached hydrogens (primary N) is 1. The lowest BCUT2D eigenvalue weighted by molar-refractivity contribution is 0.0941. The summed E-state index contributed by atoms with van der Waals surface area (Å²) in [6.45, 7) is 3.80. The minimum absolute atomic E-state index is 0.183. The van der Waals surface area contributed by atoms with Gasteiger partial charge in [0, 0.05) is 14.0 Å². The van der Waals surface area contributed by atoms with Crippen molar-refractivity contribution in [3.8, 4) is 0 Å². The first-order valence-electron chi connectivity index (χ1n) is 5.91. The highest BCUT2D eigenvalue weighted by molar-refractivity contribution is 5.97. The molecule has 8 heteroatoms. The highest BCUT2D eigenvalue weighted by Gasteiger charge is 2.19. The summed E-state index contributed by atoms with van der Waals surface area (Å²) in [7, 11) is 1.68. The van der Waals surface area contributed by atoms with E-state index in [9.17, 15) is 4.79 Å². The van der Waals surface area contributed by atoms with Gasteiger partial charge in [-0.2, -0.15) is 10.1 Å². The van der Waals surface area contributed by atoms with E-state index in [0.29, 0.717) is 35.2 Å². The van der Waals surface area contributed by atoms with Crippen LogP contribution in [0.5, 0.6) is 0 Å². The Labute approximate surface area is 110 Å². The fourth-order valence-corrected chi connectivity index (χ4v) is 1.78. The second-order valence-electron chi connectivity index (χ2n) is 4.10. The fourth-order valence-electron chi connectivity index (χ4n) is 1.78. The number of hydrogen-bond donors (Lipinski definition) is 2. The Balaban J connectivity index is 2.10. The number of nitrogens with zero attached hydrogens (tertiary/aromatic N) is 4. The number of carbonyl (C=O) groups excluding carboxylic acids is 1. The first-order valence-corrected chi connectivity index (χ1v) is 5.91. The van der Waals surface area contributed by atoms with Gasteiger partial charge in [0.15, 0.2) is 5.82 Å². The maximum absolute atomic E-state index is 12.1. The monoisotopic (exact) mass is 264 g/mol. The van der Waals surface area contributed by atoms with E-state index in [2.05, 4.69) is 20.6 Å². The number of anilines is 1. The molecule has 102 valence electrons. The molecule has 2 aromatic heterocycles. The van der Waals surface area contributed by atoms with Crippen molar-refractivity contribution in [1.29, 1.82) is 0 Å². The molecule has 0 aromatic carbocycles. The lowest BCUT2D eigenvalue weighted by atomic mass is 10.2. The molecule has 8 nitrogen and oxygen atoms in total. The van der Waals surface area contributed by atoms with Gasteiger partial charge in [-0.05, 0) is 6.42 Å². The highest BCUT2D eigenvalue weighted by atomic mass is 16.5. The number of amides is 1. The first kappa shape index (κ1) is 13.1. The summed E-state index contributed by atoms with van der Waals surface area (Å²) in [6, 6.07) is 0. The molecule has 0 spiro atoms. The zero-order chi connectivity index (χ0) is 14.0. The molecule has 3 N–H and O–H groups in total. The molecule has 0 bridgehead atoms. The zero-order valence-electron chi connectivity index (χ0n) is 11.1. The van der Waals surface area contributed by atoms with E-state index < -0.39 is 0 Å². The van der Waals surface area contributed by atoms with Crippen molar-refractivity contribution in [1.82, 2.24) is 25.2 Å². The number of rotatable bonds is 4. The summed E-state index contributed by atoms with van der Waals surface area (Å²) in [5, 5.41) is 10.6. The Morgan fingerprint density at radius 2 is 2.26 bits per heavy atom. The number of aryl methyl sites for hydroxylation is 3. The van der Waals surface area contributed by atoms with Gasteiger partial charge in [-0.25, -0.2) is 0 Å². The lowest BCUT2D eigenvalue weighted by Crippen LogP contribution is -2.26. The molecule has 0 saturated carbocycles. The van der Waals surface area contributed by atoms with Crippen molar-refractivity contribution < 1.29 is 9.32 Å². The third-order valence-electron chi connectivity index (χ3n) is 2.69. The number of nitrogen functional groups attached to an aromatic ring is 1. The maximum atomic E-state index is 12.1. The average molecular weight is 264 g/mol. The van der Waals surface area contributed by atoms with Crippen molar-refractivity contribution in [2.75, 3.05) is 5.73 Å². The van der Waals surface area contributed by atoms with Crippen LogP contribution >= 0.6 is 0 Å². The maximum Gasteiger partial charge on any atom is 0.272 e. The second kappa shape index (κ2) is 5.09. The third kappa shape index (κ3) is 2.56. The summed E-state index contributed by atoms with van der Waals surface area (Å²) in [5.41, 5.74) is 7.36. The van der Waals surface area contributed by atoms with E-state index in [1.807, 2.05) is 6.92 Å². The first-order chi connectivity index (χ1) is 9.02. The number of carbonyl (C=O) groups is 1. The molecule has 2 rings (SSSR count). The van der Waals surface area contributed by atoms with Gasteiger partial charge in [0.1, 0.15) is 5.69 Å². The molecule has 0 unspecified atom stereocenters. The van der Waals surface area contributed by atoms with Gasteiger partial charge in [-0.1, -0.05) is 12.1 Å². The van der Waals surface area contributed by atoms with Crippen LogP contribution in [0.1, 0.15) is 34.8 Å². The van der Waals surface area contributed by atoms with Crippen LogP contribution in [-0.4, -0.2) is 25.8 Å². The number of aromatic nitrogens is 4. The molecular formula is C11H16N6O2. The third-order valence-corrected chi connectivity index (χ3v) is 2.69. The minimum Gasteiger partial charge on any atom is -0.395 e. The molecule has 0 radical (unpaired) electrons. The number of nitrogens with one attached hydrogen (secondary N) is 1. The fraction of sp³-hybridized carbons (Fsp3) is 0.455. The second-order valence-corrected chi connectivity index (χ2v) is 4.10. The smallest absolute Gasteiger partial charge is 0.272 e. The van der Waals surface area contributed by atoms with Gasteiger partial charge in [-0.15, -0.1) is 0 Å². The van der Waals surface area contributed by atoms with E-state index >= 15 is 0 Å². The molecule has 19 heavy (non-hydrogen) atoms. The standard InChI is InChI=1S/C11H16N6O2/c1-4-7-9(12)10(17(3)15-7)11(18)13-5-8-14-6(2)19-16-8/h4-5,12H2,1-3H3,(H,13,18). The lowest BCUT2D eigenvalue weighted by Gasteiger charge is -2.03. The molecule has 0 atom stereocenters. The summed E-state index contributed by atoms with van der Waals surface area (Å²) < 4.78 is 6.29. The van der Waals surface area contributed by atoms with E-state index in [0.717, 1.165) is 0 Å². The van der Waals surface area contributed by atoms with Crippen LogP contribution in [-0.2, 0) is 20.0 Å². The average Bonchev–Trinajstić information content (AvgIpc) is 2.90. The van der Waals surface area contributed by atoms with Crippen molar-refractivity contribution >= 4 is 11.6 Å². The van der Waals surface area contributed by atoms with Crippen molar-refractivity contribution in [3.63, 3.8) is 0 Å². The van der Waals surface area contributed by atoms with Crippen LogP contribution in [0.15, 0.2) is 4.52 Å². The SMILES string of the molecule is CCc1nn(C)c(C(=O)NCc2noc(C)n2)c1N. The molecule has 1 amide bonds. The Kier molecular flexibility index (Phi) is 3.50. The molecule has 0 aliphatic rings. The van der Waals surface area contributed by atoms with Gasteiger partial charge < -0.3 is 15.6 Å². The predicted octanol–water partition coefficient (Wildman–Crippen LogP) is 0.186. The van der Waals surface area contributed by atoms with E-state index in [1.165, 1.54) is 4.68 Å². The van der Waals surface area contributed by atoms with Gasteiger partial charge in [0.25, 0.3) is 5.91 Å². The Morgan fingerprint density at radius 3 is 2.79 bits per heavy atom. The topological polar surface area (TPSA) is 112 Å². The molecule has 0 aliphatic heterocycles.